The van der Waals surface area contributed by atoms with Gasteiger partial charge in [0.05, 0.1) is 5.69 Å². The van der Waals surface area contributed by atoms with E-state index in [-0.39, 0.29) is 11.7 Å². The Hall–Kier alpha value is -3.11. The van der Waals surface area contributed by atoms with Crippen LogP contribution in [0.1, 0.15) is 34.0 Å². The van der Waals surface area contributed by atoms with Crippen LogP contribution >= 0.6 is 11.6 Å². The third-order valence-corrected chi connectivity index (χ3v) is 5.15. The van der Waals surface area contributed by atoms with Gasteiger partial charge < -0.3 is 10.1 Å². The third kappa shape index (κ3) is 4.84. The van der Waals surface area contributed by atoms with Gasteiger partial charge in [-0.05, 0) is 56.2 Å². The van der Waals surface area contributed by atoms with Crippen LogP contribution in [0.15, 0.2) is 66.7 Å². The van der Waals surface area contributed by atoms with Crippen molar-refractivity contribution in [2.24, 2.45) is 0 Å². The molecule has 0 radical (unpaired) electrons. The van der Waals surface area contributed by atoms with Crippen LogP contribution < -0.4 is 10.1 Å². The predicted molar refractivity (Wildman–Crippen MR) is 116 cm³/mol. The van der Waals surface area contributed by atoms with E-state index in [0.29, 0.717) is 27.6 Å². The van der Waals surface area contributed by atoms with E-state index < -0.39 is 6.10 Å². The average Bonchev–Trinajstić information content (AvgIpc) is 2.72. The van der Waals surface area contributed by atoms with Crippen molar-refractivity contribution in [2.75, 3.05) is 5.32 Å². The van der Waals surface area contributed by atoms with Gasteiger partial charge in [-0.15, -0.1) is 0 Å². The van der Waals surface area contributed by atoms with E-state index in [1.165, 1.54) is 0 Å². The van der Waals surface area contributed by atoms with Crippen LogP contribution in [0.5, 0.6) is 5.75 Å². The fourth-order valence-electron chi connectivity index (χ4n) is 3.00. The third-order valence-electron chi connectivity index (χ3n) is 4.56. The van der Waals surface area contributed by atoms with Crippen molar-refractivity contribution in [2.45, 2.75) is 26.9 Å². The summed E-state index contributed by atoms with van der Waals surface area (Å²) in [6.07, 6.45) is -0.755. The summed E-state index contributed by atoms with van der Waals surface area (Å²) in [5.41, 5.74) is 3.20. The molecule has 5 heteroatoms. The first-order chi connectivity index (χ1) is 13.9. The van der Waals surface area contributed by atoms with Gasteiger partial charge >= 0.3 is 0 Å². The summed E-state index contributed by atoms with van der Waals surface area (Å²) >= 11 is 6.19. The molecule has 148 valence electrons. The second kappa shape index (κ2) is 8.93. The van der Waals surface area contributed by atoms with Crippen LogP contribution in [0.25, 0.3) is 0 Å². The fraction of sp³-hybridized carbons (Fsp3) is 0.167. The number of hydrogen-bond donors (Lipinski definition) is 1. The molecule has 4 nitrogen and oxygen atoms in total. The molecule has 0 aliphatic carbocycles. The highest BCUT2D eigenvalue weighted by atomic mass is 35.5. The van der Waals surface area contributed by atoms with Crippen molar-refractivity contribution in [3.05, 3.63) is 94.0 Å². The molecule has 3 rings (SSSR count). The maximum Gasteiger partial charge on any atom is 0.265 e. The Bertz CT molecular complexity index is 1020. The van der Waals surface area contributed by atoms with Gasteiger partial charge in [-0.1, -0.05) is 54.1 Å². The lowest BCUT2D eigenvalue weighted by Crippen LogP contribution is -2.30. The lowest BCUT2D eigenvalue weighted by molar-refractivity contribution is -0.122. The molecule has 0 spiro atoms. The molecule has 0 saturated carbocycles. The van der Waals surface area contributed by atoms with E-state index in [1.807, 2.05) is 19.9 Å². The molecular weight excluding hydrogens is 386 g/mol. The standard InChI is InChI=1S/C24H22ClNO3/c1-15-13-19(14-16(2)22(15)25)29-17(3)24(28)26-21-12-8-7-11-20(21)23(27)18-9-5-4-6-10-18/h4-14,17H,1-3H3,(H,26,28)/t17-/m0/s1. The number of halogens is 1. The van der Waals surface area contributed by atoms with E-state index in [0.717, 1.165) is 11.1 Å². The second-order valence-electron chi connectivity index (χ2n) is 6.86. The molecule has 1 amide bonds. The van der Waals surface area contributed by atoms with Gasteiger partial charge in [0, 0.05) is 16.1 Å². The zero-order valence-corrected chi connectivity index (χ0v) is 17.3. The molecule has 1 N–H and O–H groups in total. The summed E-state index contributed by atoms with van der Waals surface area (Å²) < 4.78 is 5.79. The van der Waals surface area contributed by atoms with Crippen LogP contribution in [0.3, 0.4) is 0 Å². The lowest BCUT2D eigenvalue weighted by atomic mass is 10.0. The van der Waals surface area contributed by atoms with Gasteiger partial charge in [-0.2, -0.15) is 0 Å². The SMILES string of the molecule is Cc1cc(O[C@@H](C)C(=O)Nc2ccccc2C(=O)c2ccccc2)cc(C)c1Cl. The average molecular weight is 408 g/mol. The smallest absolute Gasteiger partial charge is 0.265 e. The number of ether oxygens (including phenoxy) is 1. The molecule has 0 aliphatic heterocycles. The highest BCUT2D eigenvalue weighted by Gasteiger charge is 2.19. The van der Waals surface area contributed by atoms with Gasteiger partial charge in [0.1, 0.15) is 5.75 Å². The maximum atomic E-state index is 12.8. The minimum Gasteiger partial charge on any atom is -0.481 e. The number of amides is 1. The Morgan fingerprint density at radius 1 is 0.931 bits per heavy atom. The van der Waals surface area contributed by atoms with E-state index in [1.54, 1.807) is 67.6 Å². The summed E-state index contributed by atoms with van der Waals surface area (Å²) in [5, 5.41) is 3.49. The highest BCUT2D eigenvalue weighted by molar-refractivity contribution is 6.32. The van der Waals surface area contributed by atoms with Crippen LogP contribution in [0.4, 0.5) is 5.69 Å². The molecule has 0 aliphatic rings. The van der Waals surface area contributed by atoms with Gasteiger partial charge in [0.2, 0.25) is 0 Å². The number of nitrogens with one attached hydrogen (secondary N) is 1. The van der Waals surface area contributed by atoms with Gasteiger partial charge in [-0.3, -0.25) is 9.59 Å². The van der Waals surface area contributed by atoms with Crippen molar-refractivity contribution in [3.63, 3.8) is 0 Å². The van der Waals surface area contributed by atoms with Gasteiger partial charge in [0.15, 0.2) is 11.9 Å². The number of ketones is 1. The summed E-state index contributed by atoms with van der Waals surface area (Å²) in [6, 6.07) is 19.5. The molecule has 29 heavy (non-hydrogen) atoms. The van der Waals surface area contributed by atoms with Crippen LogP contribution in [-0.4, -0.2) is 17.8 Å². The Morgan fingerprint density at radius 2 is 1.52 bits per heavy atom. The van der Waals surface area contributed by atoms with Crippen LogP contribution in [-0.2, 0) is 4.79 Å². The lowest BCUT2D eigenvalue weighted by Gasteiger charge is -2.17. The molecule has 0 aromatic heterocycles. The normalized spacial score (nSPS) is 11.6. The van der Waals surface area contributed by atoms with Crippen molar-refractivity contribution in [1.29, 1.82) is 0 Å². The molecule has 1 atom stereocenters. The Morgan fingerprint density at radius 3 is 2.17 bits per heavy atom. The van der Waals surface area contributed by atoms with Gasteiger partial charge in [-0.25, -0.2) is 0 Å². The van der Waals surface area contributed by atoms with Crippen molar-refractivity contribution < 1.29 is 14.3 Å². The van der Waals surface area contributed by atoms with Crippen molar-refractivity contribution in [3.8, 4) is 5.75 Å². The summed E-state index contributed by atoms with van der Waals surface area (Å²) in [5.74, 6) is 0.0725. The minimum atomic E-state index is -0.755. The Labute approximate surface area is 175 Å². The van der Waals surface area contributed by atoms with E-state index in [9.17, 15) is 9.59 Å². The summed E-state index contributed by atoms with van der Waals surface area (Å²) in [6.45, 7) is 5.44. The number of hydrogen-bond acceptors (Lipinski definition) is 3. The second-order valence-corrected chi connectivity index (χ2v) is 7.24. The first-order valence-electron chi connectivity index (χ1n) is 9.30. The number of anilines is 1. The minimum absolute atomic E-state index is 0.154. The molecule has 0 saturated heterocycles. The number of carbonyl (C=O) groups excluding carboxylic acids is 2. The molecule has 3 aromatic rings. The van der Waals surface area contributed by atoms with E-state index >= 15 is 0 Å². The maximum absolute atomic E-state index is 12.8. The first kappa shape index (κ1) is 20.6. The number of aryl methyl sites for hydroxylation is 2. The van der Waals surface area contributed by atoms with Crippen molar-refractivity contribution >= 4 is 29.0 Å². The highest BCUT2D eigenvalue weighted by Crippen LogP contribution is 2.27. The van der Waals surface area contributed by atoms with E-state index in [4.69, 9.17) is 16.3 Å². The number of rotatable bonds is 6. The number of carbonyl (C=O) groups is 2. The zero-order valence-electron chi connectivity index (χ0n) is 16.5. The van der Waals surface area contributed by atoms with Crippen LogP contribution in [0, 0.1) is 13.8 Å². The van der Waals surface area contributed by atoms with Crippen LogP contribution in [0.2, 0.25) is 5.02 Å². The van der Waals surface area contributed by atoms with Crippen molar-refractivity contribution in [1.82, 2.24) is 0 Å². The monoisotopic (exact) mass is 407 g/mol. The summed E-state index contributed by atoms with van der Waals surface area (Å²) in [4.78, 5) is 25.5. The topological polar surface area (TPSA) is 55.4 Å². The summed E-state index contributed by atoms with van der Waals surface area (Å²) in [7, 11) is 0. The predicted octanol–water partition coefficient (Wildman–Crippen LogP) is 5.59. The molecular formula is C24H22ClNO3. The molecule has 0 heterocycles. The number of para-hydroxylation sites is 1. The molecule has 0 fully saturated rings. The molecule has 0 bridgehead atoms. The zero-order chi connectivity index (χ0) is 21.0. The molecule has 3 aromatic carbocycles. The van der Waals surface area contributed by atoms with Gasteiger partial charge in [0.25, 0.3) is 5.91 Å². The fourth-order valence-corrected chi connectivity index (χ4v) is 3.11. The Balaban J connectivity index is 1.76. The first-order valence-corrected chi connectivity index (χ1v) is 9.67. The number of benzene rings is 3. The quantitative estimate of drug-likeness (QED) is 0.541. The van der Waals surface area contributed by atoms with E-state index in [2.05, 4.69) is 5.32 Å². The molecule has 0 unspecified atom stereocenters. The Kier molecular flexibility index (Phi) is 6.35. The largest absolute Gasteiger partial charge is 0.481 e.